The van der Waals surface area contributed by atoms with Gasteiger partial charge in [-0.25, -0.2) is 8.78 Å². The van der Waals surface area contributed by atoms with Crippen molar-refractivity contribution in [2.24, 2.45) is 0 Å². The van der Waals surface area contributed by atoms with Crippen LogP contribution < -0.4 is 10.6 Å². The lowest BCUT2D eigenvalue weighted by Gasteiger charge is -2.31. The fourth-order valence-corrected chi connectivity index (χ4v) is 1.96. The maximum absolute atomic E-state index is 13.5. The van der Waals surface area contributed by atoms with Gasteiger partial charge < -0.3 is 10.6 Å². The van der Waals surface area contributed by atoms with Crippen molar-refractivity contribution >= 4 is 0 Å². The monoisotopic (exact) mass is 212 g/mol. The molecule has 0 amide bonds. The van der Waals surface area contributed by atoms with Gasteiger partial charge in [-0.15, -0.1) is 0 Å². The fourth-order valence-electron chi connectivity index (χ4n) is 1.96. The normalized spacial score (nSPS) is 26.6. The Morgan fingerprint density at radius 2 is 1.93 bits per heavy atom. The molecule has 15 heavy (non-hydrogen) atoms. The van der Waals surface area contributed by atoms with E-state index in [-0.39, 0.29) is 12.1 Å². The summed E-state index contributed by atoms with van der Waals surface area (Å²) in [6.45, 7) is 3.66. The molecule has 0 aromatic heterocycles. The summed E-state index contributed by atoms with van der Waals surface area (Å²) in [5, 5.41) is 6.47. The molecule has 0 saturated carbocycles. The van der Waals surface area contributed by atoms with E-state index < -0.39 is 11.6 Å². The van der Waals surface area contributed by atoms with Crippen molar-refractivity contribution < 1.29 is 8.78 Å². The van der Waals surface area contributed by atoms with Crippen LogP contribution >= 0.6 is 0 Å². The van der Waals surface area contributed by atoms with Crippen LogP contribution in [0.1, 0.15) is 18.5 Å². The lowest BCUT2D eigenvalue weighted by Crippen LogP contribution is -2.49. The van der Waals surface area contributed by atoms with E-state index in [9.17, 15) is 8.78 Å². The maximum atomic E-state index is 13.5. The number of piperazine rings is 1. The van der Waals surface area contributed by atoms with Gasteiger partial charge >= 0.3 is 0 Å². The van der Waals surface area contributed by atoms with Gasteiger partial charge in [0.15, 0.2) is 0 Å². The molecule has 2 atom stereocenters. The Hall–Kier alpha value is -1.00. The molecular weight excluding hydrogens is 198 g/mol. The van der Waals surface area contributed by atoms with E-state index in [1.165, 1.54) is 12.1 Å². The van der Waals surface area contributed by atoms with E-state index in [1.54, 1.807) is 0 Å². The molecule has 0 bridgehead atoms. The standard InChI is InChI=1S/C11H14F2N2/c1-7-11(15-5-4-14-7)9-3-2-8(12)6-10(9)13/h2-3,6-7,11,14-15H,4-5H2,1H3. The molecule has 0 spiro atoms. The number of nitrogens with one attached hydrogen (secondary N) is 2. The predicted molar refractivity (Wildman–Crippen MR) is 54.6 cm³/mol. The molecule has 0 radical (unpaired) electrons. The summed E-state index contributed by atoms with van der Waals surface area (Å²) in [6.07, 6.45) is 0. The van der Waals surface area contributed by atoms with E-state index in [1.807, 2.05) is 6.92 Å². The molecule has 82 valence electrons. The van der Waals surface area contributed by atoms with E-state index in [2.05, 4.69) is 10.6 Å². The van der Waals surface area contributed by atoms with Crippen LogP contribution in [0.2, 0.25) is 0 Å². The Morgan fingerprint density at radius 1 is 1.20 bits per heavy atom. The first-order chi connectivity index (χ1) is 7.18. The summed E-state index contributed by atoms with van der Waals surface area (Å²) >= 11 is 0. The molecule has 1 fully saturated rings. The highest BCUT2D eigenvalue weighted by Gasteiger charge is 2.24. The first-order valence-electron chi connectivity index (χ1n) is 5.10. The fraction of sp³-hybridized carbons (Fsp3) is 0.455. The average molecular weight is 212 g/mol. The van der Waals surface area contributed by atoms with Crippen LogP contribution in [0, 0.1) is 11.6 Å². The maximum Gasteiger partial charge on any atom is 0.130 e. The molecule has 1 aliphatic heterocycles. The molecule has 1 aromatic carbocycles. The van der Waals surface area contributed by atoms with Crippen LogP contribution in [0.25, 0.3) is 0 Å². The van der Waals surface area contributed by atoms with Crippen LogP contribution in [-0.2, 0) is 0 Å². The topological polar surface area (TPSA) is 24.1 Å². The van der Waals surface area contributed by atoms with Gasteiger partial charge in [0.05, 0.1) is 6.04 Å². The van der Waals surface area contributed by atoms with Gasteiger partial charge in [0.2, 0.25) is 0 Å². The highest BCUT2D eigenvalue weighted by Crippen LogP contribution is 2.22. The first-order valence-corrected chi connectivity index (χ1v) is 5.10. The van der Waals surface area contributed by atoms with Crippen molar-refractivity contribution in [1.82, 2.24) is 10.6 Å². The molecule has 1 aromatic rings. The predicted octanol–water partition coefficient (Wildman–Crippen LogP) is 1.59. The van der Waals surface area contributed by atoms with Crippen molar-refractivity contribution in [2.45, 2.75) is 19.0 Å². The Bertz CT molecular complexity index is 354. The molecule has 2 nitrogen and oxygen atoms in total. The molecule has 2 rings (SSSR count). The van der Waals surface area contributed by atoms with Gasteiger partial charge in [-0.3, -0.25) is 0 Å². The van der Waals surface area contributed by atoms with E-state index in [4.69, 9.17) is 0 Å². The highest BCUT2D eigenvalue weighted by atomic mass is 19.1. The molecule has 2 N–H and O–H groups in total. The SMILES string of the molecule is CC1NCCNC1c1ccc(F)cc1F. The molecule has 1 saturated heterocycles. The van der Waals surface area contributed by atoms with Crippen LogP contribution in [0.15, 0.2) is 18.2 Å². The van der Waals surface area contributed by atoms with Crippen molar-refractivity contribution in [1.29, 1.82) is 0 Å². The minimum absolute atomic E-state index is 0.0839. The van der Waals surface area contributed by atoms with Gasteiger partial charge in [0, 0.05) is 30.8 Å². The molecule has 2 unspecified atom stereocenters. The minimum atomic E-state index is -0.535. The summed E-state index contributed by atoms with van der Waals surface area (Å²) in [5.74, 6) is -1.02. The highest BCUT2D eigenvalue weighted by molar-refractivity contribution is 5.24. The van der Waals surface area contributed by atoms with Crippen LogP contribution in [0.4, 0.5) is 8.78 Å². The Kier molecular flexibility index (Phi) is 2.98. The van der Waals surface area contributed by atoms with E-state index in [0.29, 0.717) is 5.56 Å². The summed E-state index contributed by atoms with van der Waals surface area (Å²) in [7, 11) is 0. The smallest absolute Gasteiger partial charge is 0.130 e. The number of rotatable bonds is 1. The third-order valence-electron chi connectivity index (χ3n) is 2.75. The number of hydrogen-bond donors (Lipinski definition) is 2. The van der Waals surface area contributed by atoms with Gasteiger partial charge in [0.25, 0.3) is 0 Å². The van der Waals surface area contributed by atoms with Gasteiger partial charge in [-0.05, 0) is 13.0 Å². The quantitative estimate of drug-likeness (QED) is 0.738. The Balaban J connectivity index is 2.27. The zero-order valence-corrected chi connectivity index (χ0v) is 8.56. The third kappa shape index (κ3) is 2.16. The summed E-state index contributed by atoms with van der Waals surface area (Å²) in [5.41, 5.74) is 0.524. The van der Waals surface area contributed by atoms with Crippen molar-refractivity contribution in [2.75, 3.05) is 13.1 Å². The zero-order chi connectivity index (χ0) is 10.8. The van der Waals surface area contributed by atoms with Gasteiger partial charge in [0.1, 0.15) is 11.6 Å². The summed E-state index contributed by atoms with van der Waals surface area (Å²) in [6, 6.07) is 3.80. The molecule has 1 aliphatic rings. The molecule has 4 heteroatoms. The van der Waals surface area contributed by atoms with Crippen LogP contribution in [0.3, 0.4) is 0 Å². The first kappa shape index (κ1) is 10.5. The third-order valence-corrected chi connectivity index (χ3v) is 2.75. The minimum Gasteiger partial charge on any atom is -0.311 e. The van der Waals surface area contributed by atoms with E-state index in [0.717, 1.165) is 19.2 Å². The lowest BCUT2D eigenvalue weighted by molar-refractivity contribution is 0.337. The van der Waals surface area contributed by atoms with Crippen molar-refractivity contribution in [3.05, 3.63) is 35.4 Å². The number of benzene rings is 1. The lowest BCUT2D eigenvalue weighted by atomic mass is 9.98. The van der Waals surface area contributed by atoms with E-state index >= 15 is 0 Å². The molecular formula is C11H14F2N2. The van der Waals surface area contributed by atoms with Crippen molar-refractivity contribution in [3.8, 4) is 0 Å². The average Bonchev–Trinajstić information content (AvgIpc) is 2.20. The Labute approximate surface area is 87.7 Å². The number of hydrogen-bond acceptors (Lipinski definition) is 2. The van der Waals surface area contributed by atoms with Crippen molar-refractivity contribution in [3.63, 3.8) is 0 Å². The molecule has 0 aliphatic carbocycles. The zero-order valence-electron chi connectivity index (χ0n) is 8.56. The summed E-state index contributed by atoms with van der Waals surface area (Å²) in [4.78, 5) is 0. The second-order valence-electron chi connectivity index (χ2n) is 3.84. The molecule has 1 heterocycles. The number of halogens is 2. The largest absolute Gasteiger partial charge is 0.311 e. The van der Waals surface area contributed by atoms with Crippen LogP contribution in [0.5, 0.6) is 0 Å². The Morgan fingerprint density at radius 3 is 2.60 bits per heavy atom. The van der Waals surface area contributed by atoms with Crippen LogP contribution in [-0.4, -0.2) is 19.1 Å². The van der Waals surface area contributed by atoms with Gasteiger partial charge in [-0.1, -0.05) is 6.07 Å². The summed E-state index contributed by atoms with van der Waals surface area (Å²) < 4.78 is 26.2. The second-order valence-corrected chi connectivity index (χ2v) is 3.84. The van der Waals surface area contributed by atoms with Gasteiger partial charge in [-0.2, -0.15) is 0 Å². The second kappa shape index (κ2) is 4.24.